The number of amides is 3. The van der Waals surface area contributed by atoms with Gasteiger partial charge in [-0.05, 0) is 54.7 Å². The fourth-order valence-electron chi connectivity index (χ4n) is 3.97. The maximum Gasteiger partial charge on any atom is 0.336 e. The van der Waals surface area contributed by atoms with Gasteiger partial charge in [-0.25, -0.2) is 14.0 Å². The largest absolute Gasteiger partial charge is 0.422 e. The van der Waals surface area contributed by atoms with Crippen LogP contribution in [0.3, 0.4) is 0 Å². The molecule has 0 aliphatic carbocycles. The van der Waals surface area contributed by atoms with Gasteiger partial charge in [0.25, 0.3) is 5.91 Å². The number of nitrogens with zero attached hydrogens (tertiary/aromatic N) is 1. The fourth-order valence-corrected chi connectivity index (χ4v) is 3.97. The quantitative estimate of drug-likeness (QED) is 0.524. The number of fused-ring (bicyclic) bond motifs is 1. The second kappa shape index (κ2) is 7.09. The second-order valence-electron chi connectivity index (χ2n) is 7.56. The standard InChI is InChI=1S/C23H21FN2O4/c1-4-23(16-6-8-17(24)9-7-16)21(28)26(22(29)25-23)12-15-11-19(27)30-20-14(3)13(2)5-10-18(15)20/h5-11H,4,12H2,1-3H3,(H,25,29)/t23-/m0/s1. The average Bonchev–Trinajstić information content (AvgIpc) is 2.96. The summed E-state index contributed by atoms with van der Waals surface area (Å²) in [6, 6.07) is 9.99. The molecule has 30 heavy (non-hydrogen) atoms. The highest BCUT2D eigenvalue weighted by atomic mass is 19.1. The summed E-state index contributed by atoms with van der Waals surface area (Å²) in [6.07, 6.45) is 0.301. The zero-order valence-electron chi connectivity index (χ0n) is 16.9. The van der Waals surface area contributed by atoms with Crippen LogP contribution >= 0.6 is 0 Å². The summed E-state index contributed by atoms with van der Waals surface area (Å²) in [5.74, 6) is -0.862. The summed E-state index contributed by atoms with van der Waals surface area (Å²) >= 11 is 0. The lowest BCUT2D eigenvalue weighted by Gasteiger charge is -2.26. The number of rotatable bonds is 4. The molecule has 4 rings (SSSR count). The lowest BCUT2D eigenvalue weighted by molar-refractivity contribution is -0.132. The van der Waals surface area contributed by atoms with Crippen molar-refractivity contribution in [3.8, 4) is 0 Å². The number of nitrogens with one attached hydrogen (secondary N) is 1. The maximum absolute atomic E-state index is 13.4. The number of halogens is 1. The number of urea groups is 1. The smallest absolute Gasteiger partial charge is 0.336 e. The van der Waals surface area contributed by atoms with Gasteiger partial charge < -0.3 is 9.73 Å². The topological polar surface area (TPSA) is 79.6 Å². The van der Waals surface area contributed by atoms with Crippen LogP contribution in [0.15, 0.2) is 51.7 Å². The highest BCUT2D eigenvalue weighted by Crippen LogP contribution is 2.34. The van der Waals surface area contributed by atoms with Gasteiger partial charge in [0.05, 0.1) is 6.54 Å². The number of hydrogen-bond acceptors (Lipinski definition) is 4. The molecule has 1 aliphatic heterocycles. The molecule has 1 atom stereocenters. The van der Waals surface area contributed by atoms with Crippen molar-refractivity contribution in [3.63, 3.8) is 0 Å². The molecule has 0 saturated carbocycles. The third kappa shape index (κ3) is 2.98. The molecule has 1 N–H and O–H groups in total. The molecule has 1 aromatic heterocycles. The van der Waals surface area contributed by atoms with E-state index < -0.39 is 28.9 Å². The molecule has 3 amide bonds. The van der Waals surface area contributed by atoms with Crippen molar-refractivity contribution in [1.82, 2.24) is 10.2 Å². The van der Waals surface area contributed by atoms with Crippen molar-refractivity contribution >= 4 is 22.9 Å². The van der Waals surface area contributed by atoms with Gasteiger partial charge in [-0.1, -0.05) is 31.2 Å². The molecule has 0 spiro atoms. The van der Waals surface area contributed by atoms with Crippen molar-refractivity contribution in [2.75, 3.05) is 0 Å². The third-order valence-electron chi connectivity index (χ3n) is 5.89. The van der Waals surface area contributed by atoms with E-state index in [1.807, 2.05) is 26.0 Å². The maximum atomic E-state index is 13.4. The van der Waals surface area contributed by atoms with Crippen LogP contribution in [0.4, 0.5) is 9.18 Å². The SMILES string of the molecule is CC[C@@]1(c2ccc(F)cc2)NC(=O)N(Cc2cc(=O)oc3c(C)c(C)ccc23)C1=O. The molecule has 0 unspecified atom stereocenters. The lowest BCUT2D eigenvalue weighted by Crippen LogP contribution is -2.43. The minimum Gasteiger partial charge on any atom is -0.422 e. The number of carbonyl (C=O) groups excluding carboxylic acids is 2. The number of hydrogen-bond donors (Lipinski definition) is 1. The molecular formula is C23H21FN2O4. The van der Waals surface area contributed by atoms with Crippen LogP contribution in [0.5, 0.6) is 0 Å². The van der Waals surface area contributed by atoms with Crippen LogP contribution in [-0.2, 0) is 16.9 Å². The van der Waals surface area contributed by atoms with E-state index in [2.05, 4.69) is 5.32 Å². The Morgan fingerprint density at radius 3 is 2.43 bits per heavy atom. The van der Waals surface area contributed by atoms with E-state index >= 15 is 0 Å². The Morgan fingerprint density at radius 2 is 1.77 bits per heavy atom. The Hall–Kier alpha value is -3.48. The Balaban J connectivity index is 1.77. The van der Waals surface area contributed by atoms with Crippen LogP contribution in [0, 0.1) is 19.7 Å². The molecule has 0 bridgehead atoms. The van der Waals surface area contributed by atoms with Gasteiger partial charge >= 0.3 is 11.7 Å². The Kier molecular flexibility index (Phi) is 4.68. The molecular weight excluding hydrogens is 387 g/mol. The molecule has 7 heteroatoms. The Labute approximate surface area is 172 Å². The van der Waals surface area contributed by atoms with Crippen LogP contribution in [0.2, 0.25) is 0 Å². The Bertz CT molecular complexity index is 1230. The van der Waals surface area contributed by atoms with E-state index in [9.17, 15) is 18.8 Å². The van der Waals surface area contributed by atoms with E-state index in [4.69, 9.17) is 4.42 Å². The first-order valence-corrected chi connectivity index (χ1v) is 9.70. The normalized spacial score (nSPS) is 18.9. The first-order valence-electron chi connectivity index (χ1n) is 9.70. The zero-order valence-corrected chi connectivity index (χ0v) is 16.9. The molecule has 1 saturated heterocycles. The number of imide groups is 1. The average molecular weight is 408 g/mol. The zero-order chi connectivity index (χ0) is 21.6. The molecule has 1 aliphatic rings. The first kappa shape index (κ1) is 19.8. The molecule has 2 aromatic carbocycles. The monoisotopic (exact) mass is 408 g/mol. The van der Waals surface area contributed by atoms with Crippen molar-refractivity contribution in [2.24, 2.45) is 0 Å². The summed E-state index contributed by atoms with van der Waals surface area (Å²) in [5.41, 5.74) is 1.47. The lowest BCUT2D eigenvalue weighted by atomic mass is 9.87. The first-order chi connectivity index (χ1) is 14.3. The summed E-state index contributed by atoms with van der Waals surface area (Å²) in [5, 5.41) is 3.44. The van der Waals surface area contributed by atoms with E-state index in [-0.39, 0.29) is 6.54 Å². The predicted octanol–water partition coefficient (Wildman–Crippen LogP) is 3.91. The van der Waals surface area contributed by atoms with Crippen LogP contribution in [-0.4, -0.2) is 16.8 Å². The summed E-state index contributed by atoms with van der Waals surface area (Å²) in [6.45, 7) is 5.48. The number of benzene rings is 2. The minimum absolute atomic E-state index is 0.0712. The summed E-state index contributed by atoms with van der Waals surface area (Å²) < 4.78 is 18.7. The van der Waals surface area contributed by atoms with Gasteiger partial charge in [0.15, 0.2) is 0 Å². The summed E-state index contributed by atoms with van der Waals surface area (Å²) in [4.78, 5) is 39.3. The minimum atomic E-state index is -1.27. The summed E-state index contributed by atoms with van der Waals surface area (Å²) in [7, 11) is 0. The van der Waals surface area contributed by atoms with Crippen LogP contribution < -0.4 is 10.9 Å². The van der Waals surface area contributed by atoms with Crippen molar-refractivity contribution < 1.29 is 18.4 Å². The van der Waals surface area contributed by atoms with Gasteiger partial charge in [0.1, 0.15) is 16.9 Å². The van der Waals surface area contributed by atoms with Gasteiger partial charge in [-0.3, -0.25) is 9.69 Å². The Morgan fingerprint density at radius 1 is 1.07 bits per heavy atom. The van der Waals surface area contributed by atoms with Gasteiger partial charge in [0, 0.05) is 11.5 Å². The number of aryl methyl sites for hydroxylation is 2. The van der Waals surface area contributed by atoms with E-state index in [1.54, 1.807) is 6.92 Å². The second-order valence-corrected chi connectivity index (χ2v) is 7.56. The highest BCUT2D eigenvalue weighted by Gasteiger charge is 2.51. The van der Waals surface area contributed by atoms with Gasteiger partial charge in [-0.15, -0.1) is 0 Å². The molecule has 1 fully saturated rings. The van der Waals surface area contributed by atoms with Crippen molar-refractivity contribution in [1.29, 1.82) is 0 Å². The van der Waals surface area contributed by atoms with Gasteiger partial charge in [0.2, 0.25) is 0 Å². The van der Waals surface area contributed by atoms with Crippen molar-refractivity contribution in [2.45, 2.75) is 39.3 Å². The van der Waals surface area contributed by atoms with E-state index in [0.29, 0.717) is 28.5 Å². The third-order valence-corrected chi connectivity index (χ3v) is 5.89. The van der Waals surface area contributed by atoms with Crippen molar-refractivity contribution in [3.05, 3.63) is 81.0 Å². The molecule has 3 aromatic rings. The fraction of sp³-hybridized carbons (Fsp3) is 0.261. The van der Waals surface area contributed by atoms with Gasteiger partial charge in [-0.2, -0.15) is 0 Å². The van der Waals surface area contributed by atoms with E-state index in [0.717, 1.165) is 16.0 Å². The van der Waals surface area contributed by atoms with Crippen LogP contribution in [0.25, 0.3) is 11.0 Å². The van der Waals surface area contributed by atoms with E-state index in [1.165, 1.54) is 30.3 Å². The molecule has 0 radical (unpaired) electrons. The van der Waals surface area contributed by atoms with Crippen LogP contribution in [0.1, 0.15) is 35.6 Å². The molecule has 6 nitrogen and oxygen atoms in total. The molecule has 154 valence electrons. The number of carbonyl (C=O) groups is 2. The highest BCUT2D eigenvalue weighted by molar-refractivity contribution is 6.07. The predicted molar refractivity (Wildman–Crippen MR) is 109 cm³/mol. The molecule has 2 heterocycles.